The van der Waals surface area contributed by atoms with E-state index >= 15 is 0 Å². The lowest BCUT2D eigenvalue weighted by atomic mass is 9.75. The zero-order chi connectivity index (χ0) is 17.6. The monoisotopic (exact) mass is 347 g/mol. The van der Waals surface area contributed by atoms with E-state index in [9.17, 15) is 10.0 Å². The number of fused-ring (bicyclic) bond motifs is 1. The molecular formula is C17H21N3O3S. The van der Waals surface area contributed by atoms with Crippen LogP contribution < -0.4 is 5.32 Å². The first-order chi connectivity index (χ1) is 11.2. The number of nitrogens with zero attached hydrogens (tertiary/aromatic N) is 2. The molecule has 0 saturated heterocycles. The van der Waals surface area contributed by atoms with E-state index < -0.39 is 0 Å². The highest BCUT2D eigenvalue weighted by Gasteiger charge is 2.36. The number of rotatable bonds is 2. The third-order valence-corrected chi connectivity index (χ3v) is 5.36. The van der Waals surface area contributed by atoms with Gasteiger partial charge in [-0.3, -0.25) is 10.1 Å². The summed E-state index contributed by atoms with van der Waals surface area (Å²) in [4.78, 5) is 18.0. The number of anilines is 1. The molecule has 2 aromatic rings. The number of carbonyl (C=O) groups is 1. The first-order valence-electron chi connectivity index (χ1n) is 7.81. The van der Waals surface area contributed by atoms with Crippen molar-refractivity contribution < 1.29 is 14.4 Å². The van der Waals surface area contributed by atoms with Gasteiger partial charge in [-0.2, -0.15) is 0 Å². The van der Waals surface area contributed by atoms with E-state index in [4.69, 9.17) is 4.42 Å². The van der Waals surface area contributed by atoms with Crippen LogP contribution in [0.5, 0.6) is 0 Å². The van der Waals surface area contributed by atoms with Gasteiger partial charge in [0.25, 0.3) is 5.91 Å². The van der Waals surface area contributed by atoms with Crippen molar-refractivity contribution in [1.29, 1.82) is 0 Å². The summed E-state index contributed by atoms with van der Waals surface area (Å²) >= 11 is 1.43. The molecule has 128 valence electrons. The molecule has 0 bridgehead atoms. The van der Waals surface area contributed by atoms with Gasteiger partial charge in [-0.1, -0.05) is 19.0 Å². The molecule has 0 saturated carbocycles. The predicted molar refractivity (Wildman–Crippen MR) is 93.4 cm³/mol. The van der Waals surface area contributed by atoms with Gasteiger partial charge in [0.1, 0.15) is 5.76 Å². The highest BCUT2D eigenvalue weighted by atomic mass is 32.1. The maximum Gasteiger partial charge on any atom is 0.293 e. The molecule has 24 heavy (non-hydrogen) atoms. The summed E-state index contributed by atoms with van der Waals surface area (Å²) in [5, 5.41) is 16.1. The number of oxime groups is 1. The van der Waals surface area contributed by atoms with Crippen LogP contribution in [0.4, 0.5) is 5.13 Å². The highest BCUT2D eigenvalue weighted by Crippen LogP contribution is 2.39. The normalized spacial score (nSPS) is 17.8. The van der Waals surface area contributed by atoms with Crippen molar-refractivity contribution in [1.82, 2.24) is 4.98 Å². The van der Waals surface area contributed by atoms with Crippen LogP contribution in [0.3, 0.4) is 0 Å². The molecule has 2 N–H and O–H groups in total. The van der Waals surface area contributed by atoms with Gasteiger partial charge in [-0.05, 0) is 32.6 Å². The Labute approximate surface area is 144 Å². The van der Waals surface area contributed by atoms with E-state index in [2.05, 4.69) is 29.3 Å². The number of carbonyl (C=O) groups excluding carboxylic acids is 1. The molecule has 1 aliphatic rings. The van der Waals surface area contributed by atoms with Gasteiger partial charge in [0.05, 0.1) is 11.4 Å². The Morgan fingerprint density at radius 2 is 2.04 bits per heavy atom. The molecule has 1 aliphatic carbocycles. The largest absolute Gasteiger partial charge is 0.455 e. The lowest BCUT2D eigenvalue weighted by Gasteiger charge is -2.28. The average molecular weight is 347 g/mol. The summed E-state index contributed by atoms with van der Waals surface area (Å²) in [5.74, 6) is 0.628. The quantitative estimate of drug-likeness (QED) is 0.633. The van der Waals surface area contributed by atoms with Gasteiger partial charge >= 0.3 is 0 Å². The summed E-state index contributed by atoms with van der Waals surface area (Å²) < 4.78 is 5.85. The topological polar surface area (TPSA) is 87.7 Å². The number of amides is 1. The van der Waals surface area contributed by atoms with Crippen LogP contribution in [-0.4, -0.2) is 21.8 Å². The van der Waals surface area contributed by atoms with E-state index in [-0.39, 0.29) is 17.1 Å². The Morgan fingerprint density at radius 3 is 2.62 bits per heavy atom. The fraction of sp³-hybridized carbons (Fsp3) is 0.471. The minimum atomic E-state index is -0.328. The fourth-order valence-corrected chi connectivity index (χ4v) is 3.91. The van der Waals surface area contributed by atoms with Crippen LogP contribution in [0, 0.1) is 26.2 Å². The third kappa shape index (κ3) is 2.84. The summed E-state index contributed by atoms with van der Waals surface area (Å²) in [6, 6.07) is 0. The van der Waals surface area contributed by atoms with Gasteiger partial charge in [0, 0.05) is 22.4 Å². The molecule has 2 heterocycles. The first kappa shape index (κ1) is 16.7. The molecule has 7 heteroatoms. The molecule has 6 nitrogen and oxygen atoms in total. The van der Waals surface area contributed by atoms with Crippen molar-refractivity contribution in [2.24, 2.45) is 10.6 Å². The molecule has 1 amide bonds. The number of aromatic nitrogens is 1. The van der Waals surface area contributed by atoms with Crippen LogP contribution >= 0.6 is 11.3 Å². The molecule has 0 aliphatic heterocycles. The second kappa shape index (κ2) is 5.73. The van der Waals surface area contributed by atoms with Gasteiger partial charge < -0.3 is 9.62 Å². The average Bonchev–Trinajstić information content (AvgIpc) is 2.97. The van der Waals surface area contributed by atoms with Crippen molar-refractivity contribution >= 4 is 28.1 Å². The van der Waals surface area contributed by atoms with Crippen LogP contribution in [0.15, 0.2) is 9.57 Å². The number of thiazole rings is 1. The standard InChI is InChI=1S/C17H21N3O3S/c1-8-13-11(20-22)6-17(4,5)7-12(13)23-14(8)15(21)19-16-18-9(2)10(3)24-16/h22H,6-7H2,1-5H3,(H,18,19,21)/b20-11-. The number of hydrogen-bond donors (Lipinski definition) is 2. The zero-order valence-electron chi connectivity index (χ0n) is 14.5. The molecule has 3 rings (SSSR count). The maximum atomic E-state index is 12.6. The Hall–Kier alpha value is -2.15. The number of nitrogens with one attached hydrogen (secondary N) is 1. The minimum Gasteiger partial charge on any atom is -0.455 e. The van der Waals surface area contributed by atoms with Crippen molar-refractivity contribution in [3.63, 3.8) is 0 Å². The zero-order valence-corrected chi connectivity index (χ0v) is 15.3. The first-order valence-corrected chi connectivity index (χ1v) is 8.62. The van der Waals surface area contributed by atoms with Gasteiger partial charge in [-0.25, -0.2) is 4.98 Å². The number of furan rings is 1. The Bertz CT molecular complexity index is 826. The van der Waals surface area contributed by atoms with Crippen molar-refractivity contribution in [3.8, 4) is 0 Å². The molecular weight excluding hydrogens is 326 g/mol. The smallest absolute Gasteiger partial charge is 0.293 e. The minimum absolute atomic E-state index is 0.0733. The summed E-state index contributed by atoms with van der Waals surface area (Å²) in [6.07, 6.45) is 1.34. The molecule has 0 unspecified atom stereocenters. The lowest BCUT2D eigenvalue weighted by molar-refractivity contribution is 0.0993. The summed E-state index contributed by atoms with van der Waals surface area (Å²) in [5.41, 5.74) is 2.87. The predicted octanol–water partition coefficient (Wildman–Crippen LogP) is 4.06. The van der Waals surface area contributed by atoms with Gasteiger partial charge in [0.2, 0.25) is 0 Å². The molecule has 0 spiro atoms. The van der Waals surface area contributed by atoms with E-state index in [0.29, 0.717) is 35.0 Å². The van der Waals surface area contributed by atoms with Crippen LogP contribution in [0.2, 0.25) is 0 Å². The van der Waals surface area contributed by atoms with Crippen molar-refractivity contribution in [2.75, 3.05) is 5.32 Å². The Morgan fingerprint density at radius 1 is 1.33 bits per heavy atom. The molecule has 0 fully saturated rings. The Kier molecular flexibility index (Phi) is 3.99. The Balaban J connectivity index is 1.95. The van der Waals surface area contributed by atoms with Crippen LogP contribution in [0.25, 0.3) is 0 Å². The SMILES string of the molecule is Cc1nc(NC(=O)c2oc3c(c2C)/C(=N\O)CC(C)(C)C3)sc1C. The summed E-state index contributed by atoms with van der Waals surface area (Å²) in [6.45, 7) is 9.86. The van der Waals surface area contributed by atoms with Crippen LogP contribution in [0.1, 0.15) is 58.3 Å². The molecule has 0 radical (unpaired) electrons. The highest BCUT2D eigenvalue weighted by molar-refractivity contribution is 7.15. The van der Waals surface area contributed by atoms with Gasteiger partial charge in [-0.15, -0.1) is 11.3 Å². The van der Waals surface area contributed by atoms with E-state index in [1.807, 2.05) is 20.8 Å². The van der Waals surface area contributed by atoms with Crippen molar-refractivity contribution in [2.45, 2.75) is 47.5 Å². The van der Waals surface area contributed by atoms with Crippen LogP contribution in [-0.2, 0) is 6.42 Å². The molecule has 0 aromatic carbocycles. The van der Waals surface area contributed by atoms with E-state index in [1.54, 1.807) is 0 Å². The maximum absolute atomic E-state index is 12.6. The van der Waals surface area contributed by atoms with E-state index in [1.165, 1.54) is 11.3 Å². The number of hydrogen-bond acceptors (Lipinski definition) is 6. The number of aryl methyl sites for hydroxylation is 2. The lowest BCUT2D eigenvalue weighted by Crippen LogP contribution is -2.27. The third-order valence-electron chi connectivity index (χ3n) is 4.37. The summed E-state index contributed by atoms with van der Waals surface area (Å²) in [7, 11) is 0. The second-order valence-corrected chi connectivity index (χ2v) is 8.24. The fourth-order valence-electron chi connectivity index (χ4n) is 3.10. The molecule has 2 aromatic heterocycles. The van der Waals surface area contributed by atoms with E-state index in [0.717, 1.165) is 16.1 Å². The second-order valence-electron chi connectivity index (χ2n) is 7.03. The molecule has 0 atom stereocenters. The van der Waals surface area contributed by atoms with Gasteiger partial charge in [0.15, 0.2) is 10.9 Å². The van der Waals surface area contributed by atoms with Crippen molar-refractivity contribution in [3.05, 3.63) is 33.2 Å².